The van der Waals surface area contributed by atoms with Crippen molar-refractivity contribution in [3.8, 4) is 0 Å². The normalized spacial score (nSPS) is 12.4. The molecule has 0 saturated heterocycles. The Morgan fingerprint density at radius 2 is 1.59 bits per heavy atom. The van der Waals surface area contributed by atoms with Crippen LogP contribution in [0.15, 0.2) is 48.5 Å². The third-order valence-electron chi connectivity index (χ3n) is 2.87. The first-order chi connectivity index (χ1) is 8.15. The monoisotopic (exact) mass is 337 g/mol. The number of benzene rings is 2. The largest absolute Gasteiger partial charge is 0.324 e. The van der Waals surface area contributed by atoms with Crippen LogP contribution in [0.1, 0.15) is 22.7 Å². The van der Waals surface area contributed by atoms with Crippen LogP contribution < -0.4 is 5.73 Å². The molecule has 1 unspecified atom stereocenters. The third kappa shape index (κ3) is 3.54. The van der Waals surface area contributed by atoms with E-state index < -0.39 is 0 Å². The van der Waals surface area contributed by atoms with E-state index in [9.17, 15) is 0 Å². The fourth-order valence-electron chi connectivity index (χ4n) is 1.81. The first-order valence-electron chi connectivity index (χ1n) is 5.72. The molecular weight excluding hydrogens is 321 g/mol. The molecule has 0 saturated carbocycles. The molecule has 0 bridgehead atoms. The van der Waals surface area contributed by atoms with Crippen molar-refractivity contribution in [3.05, 3.63) is 68.8 Å². The van der Waals surface area contributed by atoms with E-state index in [2.05, 4.69) is 78.0 Å². The van der Waals surface area contributed by atoms with E-state index in [-0.39, 0.29) is 6.04 Å². The summed E-state index contributed by atoms with van der Waals surface area (Å²) < 4.78 is 1.26. The van der Waals surface area contributed by atoms with Gasteiger partial charge in [0.05, 0.1) is 0 Å². The predicted molar refractivity (Wildman–Crippen MR) is 81.0 cm³/mol. The van der Waals surface area contributed by atoms with Crippen LogP contribution in [0.25, 0.3) is 0 Å². The lowest BCUT2D eigenvalue weighted by Gasteiger charge is -2.12. The van der Waals surface area contributed by atoms with Gasteiger partial charge in [0.1, 0.15) is 0 Å². The number of rotatable bonds is 3. The lowest BCUT2D eigenvalue weighted by atomic mass is 9.99. The fourth-order valence-corrected chi connectivity index (χ4v) is 2.17. The maximum Gasteiger partial charge on any atom is 0.0335 e. The highest BCUT2D eigenvalue weighted by atomic mass is 127. The summed E-state index contributed by atoms with van der Waals surface area (Å²) in [5.41, 5.74) is 9.98. The fraction of sp³-hybridized carbons (Fsp3) is 0.200. The lowest BCUT2D eigenvalue weighted by Crippen LogP contribution is -2.13. The molecule has 0 heterocycles. The van der Waals surface area contributed by atoms with Gasteiger partial charge >= 0.3 is 0 Å². The number of nitrogens with two attached hydrogens (primary N) is 1. The SMILES string of the molecule is Cc1ccc(C(N)Cc2ccc(I)cc2)cc1. The number of hydrogen-bond donors (Lipinski definition) is 1. The molecule has 0 aromatic heterocycles. The summed E-state index contributed by atoms with van der Waals surface area (Å²) in [6, 6.07) is 17.1. The molecule has 2 N–H and O–H groups in total. The van der Waals surface area contributed by atoms with Crippen molar-refractivity contribution in [2.75, 3.05) is 0 Å². The highest BCUT2D eigenvalue weighted by Crippen LogP contribution is 2.17. The maximum absolute atomic E-state index is 6.21. The summed E-state index contributed by atoms with van der Waals surface area (Å²) in [6.07, 6.45) is 0.889. The van der Waals surface area contributed by atoms with Gasteiger partial charge in [-0.1, -0.05) is 42.0 Å². The van der Waals surface area contributed by atoms with Gasteiger partial charge in [0.15, 0.2) is 0 Å². The first kappa shape index (κ1) is 12.6. The van der Waals surface area contributed by atoms with Crippen LogP contribution >= 0.6 is 22.6 Å². The van der Waals surface area contributed by atoms with Gasteiger partial charge in [-0.2, -0.15) is 0 Å². The predicted octanol–water partition coefficient (Wildman–Crippen LogP) is 3.84. The molecule has 88 valence electrons. The molecule has 1 atom stereocenters. The molecule has 17 heavy (non-hydrogen) atoms. The van der Waals surface area contributed by atoms with Crippen LogP contribution in [0.3, 0.4) is 0 Å². The Morgan fingerprint density at radius 1 is 1.00 bits per heavy atom. The number of halogens is 1. The molecule has 0 spiro atoms. The second-order valence-corrected chi connectivity index (χ2v) is 5.59. The summed E-state index contributed by atoms with van der Waals surface area (Å²) in [5.74, 6) is 0. The Hall–Kier alpha value is -0.870. The quantitative estimate of drug-likeness (QED) is 0.846. The van der Waals surface area contributed by atoms with Crippen molar-refractivity contribution in [3.63, 3.8) is 0 Å². The Labute approximate surface area is 116 Å². The van der Waals surface area contributed by atoms with E-state index >= 15 is 0 Å². The standard InChI is InChI=1S/C15H16IN/c1-11-2-6-13(7-3-11)15(17)10-12-4-8-14(16)9-5-12/h2-9,15H,10,17H2,1H3. The molecule has 0 aliphatic heterocycles. The van der Waals surface area contributed by atoms with Crippen LogP contribution in [0.5, 0.6) is 0 Å². The minimum absolute atomic E-state index is 0.0793. The molecule has 2 rings (SSSR count). The van der Waals surface area contributed by atoms with Crippen LogP contribution in [-0.2, 0) is 6.42 Å². The Bertz CT molecular complexity index is 473. The average Bonchev–Trinajstić information content (AvgIpc) is 2.33. The molecule has 0 fully saturated rings. The molecule has 0 radical (unpaired) electrons. The summed E-state index contributed by atoms with van der Waals surface area (Å²) in [5, 5.41) is 0. The van der Waals surface area contributed by atoms with Gasteiger partial charge in [0, 0.05) is 9.61 Å². The minimum Gasteiger partial charge on any atom is -0.324 e. The Kier molecular flexibility index (Phi) is 4.18. The van der Waals surface area contributed by atoms with E-state index in [4.69, 9.17) is 5.73 Å². The van der Waals surface area contributed by atoms with Crippen molar-refractivity contribution in [1.29, 1.82) is 0 Å². The molecule has 2 aromatic carbocycles. The van der Waals surface area contributed by atoms with E-state index in [0.717, 1.165) is 6.42 Å². The van der Waals surface area contributed by atoms with Gasteiger partial charge in [-0.3, -0.25) is 0 Å². The summed E-state index contributed by atoms with van der Waals surface area (Å²) in [6.45, 7) is 2.09. The second-order valence-electron chi connectivity index (χ2n) is 4.35. The molecular formula is C15H16IN. The highest BCUT2D eigenvalue weighted by molar-refractivity contribution is 14.1. The van der Waals surface area contributed by atoms with Crippen molar-refractivity contribution < 1.29 is 0 Å². The third-order valence-corrected chi connectivity index (χ3v) is 3.59. The van der Waals surface area contributed by atoms with Crippen molar-refractivity contribution in [2.45, 2.75) is 19.4 Å². The topological polar surface area (TPSA) is 26.0 Å². The van der Waals surface area contributed by atoms with Gasteiger partial charge in [-0.25, -0.2) is 0 Å². The summed E-state index contributed by atoms with van der Waals surface area (Å²) in [4.78, 5) is 0. The van der Waals surface area contributed by atoms with Gasteiger partial charge in [-0.15, -0.1) is 0 Å². The van der Waals surface area contributed by atoms with E-state index in [1.807, 2.05) is 0 Å². The lowest BCUT2D eigenvalue weighted by molar-refractivity contribution is 0.721. The van der Waals surface area contributed by atoms with Gasteiger partial charge in [0.2, 0.25) is 0 Å². The molecule has 1 nitrogen and oxygen atoms in total. The molecule has 0 aliphatic rings. The molecule has 2 heteroatoms. The van der Waals surface area contributed by atoms with Crippen molar-refractivity contribution in [1.82, 2.24) is 0 Å². The van der Waals surface area contributed by atoms with Crippen LogP contribution in [0.4, 0.5) is 0 Å². The van der Waals surface area contributed by atoms with Crippen molar-refractivity contribution in [2.24, 2.45) is 5.73 Å². The van der Waals surface area contributed by atoms with Crippen LogP contribution in [0, 0.1) is 10.5 Å². The van der Waals surface area contributed by atoms with E-state index in [1.165, 1.54) is 20.3 Å². The van der Waals surface area contributed by atoms with E-state index in [0.29, 0.717) is 0 Å². The summed E-state index contributed by atoms with van der Waals surface area (Å²) in [7, 11) is 0. The number of aryl methyl sites for hydroxylation is 1. The highest BCUT2D eigenvalue weighted by Gasteiger charge is 2.06. The zero-order chi connectivity index (χ0) is 12.3. The zero-order valence-corrected chi connectivity index (χ0v) is 12.0. The van der Waals surface area contributed by atoms with Gasteiger partial charge in [0.25, 0.3) is 0 Å². The van der Waals surface area contributed by atoms with Gasteiger partial charge < -0.3 is 5.73 Å². The average molecular weight is 337 g/mol. The van der Waals surface area contributed by atoms with E-state index in [1.54, 1.807) is 0 Å². The Balaban J connectivity index is 2.08. The first-order valence-corrected chi connectivity index (χ1v) is 6.79. The second kappa shape index (κ2) is 5.65. The maximum atomic E-state index is 6.21. The molecule has 0 aliphatic carbocycles. The zero-order valence-electron chi connectivity index (χ0n) is 9.86. The van der Waals surface area contributed by atoms with Crippen LogP contribution in [-0.4, -0.2) is 0 Å². The molecule has 2 aromatic rings. The van der Waals surface area contributed by atoms with Crippen molar-refractivity contribution >= 4 is 22.6 Å². The molecule has 0 amide bonds. The minimum atomic E-state index is 0.0793. The van der Waals surface area contributed by atoms with Crippen LogP contribution in [0.2, 0.25) is 0 Å². The number of hydrogen-bond acceptors (Lipinski definition) is 1. The van der Waals surface area contributed by atoms with Gasteiger partial charge in [-0.05, 0) is 59.2 Å². The Morgan fingerprint density at radius 3 is 2.18 bits per heavy atom. The smallest absolute Gasteiger partial charge is 0.0335 e. The summed E-state index contributed by atoms with van der Waals surface area (Å²) >= 11 is 2.31.